The summed E-state index contributed by atoms with van der Waals surface area (Å²) >= 11 is 0. The lowest BCUT2D eigenvalue weighted by Crippen LogP contribution is -2.45. The molecule has 0 spiro atoms. The molecule has 0 unspecified atom stereocenters. The van der Waals surface area contributed by atoms with Crippen LogP contribution in [0.2, 0.25) is 0 Å². The van der Waals surface area contributed by atoms with Gasteiger partial charge in [0.1, 0.15) is 6.29 Å². The molecule has 0 radical (unpaired) electrons. The van der Waals surface area contributed by atoms with E-state index in [-0.39, 0.29) is 11.9 Å². The molecule has 0 bridgehead atoms. The van der Waals surface area contributed by atoms with Crippen molar-refractivity contribution in [3.8, 4) is 0 Å². The van der Waals surface area contributed by atoms with E-state index in [0.29, 0.717) is 17.2 Å². The molecule has 0 saturated heterocycles. The molecule has 3 nitrogen and oxygen atoms in total. The minimum Gasteiger partial charge on any atom is -0.333 e. The quantitative estimate of drug-likeness (QED) is 0.785. The van der Waals surface area contributed by atoms with Crippen LogP contribution in [0, 0.1) is 0 Å². The highest BCUT2D eigenvalue weighted by molar-refractivity contribution is 5.95. The summed E-state index contributed by atoms with van der Waals surface area (Å²) in [6, 6.07) is 7.49. The third kappa shape index (κ3) is 3.27. The monoisotopic (exact) mass is 273 g/mol. The van der Waals surface area contributed by atoms with Gasteiger partial charge in [0.15, 0.2) is 0 Å². The second-order valence-corrected chi connectivity index (χ2v) is 5.84. The van der Waals surface area contributed by atoms with Gasteiger partial charge in [0.2, 0.25) is 0 Å². The summed E-state index contributed by atoms with van der Waals surface area (Å²) in [5, 5.41) is 0. The van der Waals surface area contributed by atoms with Crippen LogP contribution in [0.3, 0.4) is 0 Å². The van der Waals surface area contributed by atoms with Gasteiger partial charge in [-0.1, -0.05) is 31.4 Å². The fourth-order valence-electron chi connectivity index (χ4n) is 3.03. The highest BCUT2D eigenvalue weighted by Gasteiger charge is 2.28. The van der Waals surface area contributed by atoms with E-state index in [2.05, 4.69) is 13.8 Å². The van der Waals surface area contributed by atoms with Crippen molar-refractivity contribution in [3.63, 3.8) is 0 Å². The van der Waals surface area contributed by atoms with Crippen LogP contribution in [0.1, 0.15) is 66.7 Å². The summed E-state index contributed by atoms with van der Waals surface area (Å²) < 4.78 is 0. The van der Waals surface area contributed by atoms with Gasteiger partial charge in [-0.2, -0.15) is 0 Å². The first kappa shape index (κ1) is 14.8. The Balaban J connectivity index is 2.18. The predicted molar refractivity (Wildman–Crippen MR) is 80.0 cm³/mol. The first-order valence-electron chi connectivity index (χ1n) is 7.51. The number of rotatable bonds is 4. The average Bonchev–Trinajstić information content (AvgIpc) is 2.48. The van der Waals surface area contributed by atoms with Gasteiger partial charge < -0.3 is 4.90 Å². The van der Waals surface area contributed by atoms with Crippen LogP contribution in [0.4, 0.5) is 0 Å². The third-order valence-electron chi connectivity index (χ3n) is 4.05. The molecule has 2 rings (SSSR count). The van der Waals surface area contributed by atoms with Crippen LogP contribution < -0.4 is 0 Å². The molecule has 1 aliphatic carbocycles. The number of amides is 1. The van der Waals surface area contributed by atoms with Crippen molar-refractivity contribution in [2.45, 2.75) is 58.0 Å². The molecule has 0 aromatic heterocycles. The van der Waals surface area contributed by atoms with Crippen molar-refractivity contribution in [2.24, 2.45) is 0 Å². The number of carbonyl (C=O) groups excluding carboxylic acids is 2. The molecule has 108 valence electrons. The summed E-state index contributed by atoms with van der Waals surface area (Å²) in [7, 11) is 0. The lowest BCUT2D eigenvalue weighted by atomic mass is 9.92. The summed E-state index contributed by atoms with van der Waals surface area (Å²) in [4.78, 5) is 25.4. The van der Waals surface area contributed by atoms with Gasteiger partial charge in [-0.3, -0.25) is 9.59 Å². The number of hydrogen-bond acceptors (Lipinski definition) is 2. The Labute approximate surface area is 121 Å². The number of aldehydes is 1. The van der Waals surface area contributed by atoms with E-state index in [1.165, 1.54) is 19.3 Å². The lowest BCUT2D eigenvalue weighted by Gasteiger charge is -2.37. The van der Waals surface area contributed by atoms with Crippen LogP contribution in [-0.2, 0) is 0 Å². The summed E-state index contributed by atoms with van der Waals surface area (Å²) in [6.07, 6.45) is 6.73. The zero-order valence-corrected chi connectivity index (χ0v) is 12.3. The van der Waals surface area contributed by atoms with Crippen molar-refractivity contribution < 1.29 is 9.59 Å². The Kier molecular flexibility index (Phi) is 4.94. The van der Waals surface area contributed by atoms with Gasteiger partial charge in [-0.15, -0.1) is 0 Å². The zero-order valence-electron chi connectivity index (χ0n) is 12.3. The Morgan fingerprint density at radius 3 is 2.25 bits per heavy atom. The number of nitrogens with zero attached hydrogens (tertiary/aromatic N) is 1. The molecule has 3 heteroatoms. The maximum Gasteiger partial charge on any atom is 0.254 e. The zero-order chi connectivity index (χ0) is 14.5. The van der Waals surface area contributed by atoms with Gasteiger partial charge in [0, 0.05) is 23.2 Å². The van der Waals surface area contributed by atoms with E-state index in [0.717, 1.165) is 19.1 Å². The van der Waals surface area contributed by atoms with Crippen LogP contribution in [0.5, 0.6) is 0 Å². The van der Waals surface area contributed by atoms with E-state index in [4.69, 9.17) is 0 Å². The van der Waals surface area contributed by atoms with Crippen molar-refractivity contribution in [1.82, 2.24) is 4.90 Å². The second-order valence-electron chi connectivity index (χ2n) is 5.84. The topological polar surface area (TPSA) is 37.4 Å². The smallest absolute Gasteiger partial charge is 0.254 e. The molecule has 0 aliphatic heterocycles. The molecule has 20 heavy (non-hydrogen) atoms. The first-order valence-corrected chi connectivity index (χ1v) is 7.51. The normalized spacial score (nSPS) is 16.1. The molecule has 1 aromatic rings. The van der Waals surface area contributed by atoms with Crippen molar-refractivity contribution in [3.05, 3.63) is 35.4 Å². The first-order chi connectivity index (χ1) is 9.63. The molecule has 1 aromatic carbocycles. The molecular formula is C17H23NO2. The van der Waals surface area contributed by atoms with Gasteiger partial charge in [0.05, 0.1) is 0 Å². The molecule has 1 amide bonds. The van der Waals surface area contributed by atoms with Gasteiger partial charge >= 0.3 is 0 Å². The Hall–Kier alpha value is -1.64. The SMILES string of the molecule is CC(C)N(C(=O)c1ccc(C=O)cc1)C1CCCCC1. The van der Waals surface area contributed by atoms with E-state index in [1.54, 1.807) is 24.3 Å². The average molecular weight is 273 g/mol. The van der Waals surface area contributed by atoms with Crippen LogP contribution in [0.15, 0.2) is 24.3 Å². The van der Waals surface area contributed by atoms with Crippen molar-refractivity contribution in [1.29, 1.82) is 0 Å². The fourth-order valence-corrected chi connectivity index (χ4v) is 3.03. The van der Waals surface area contributed by atoms with Gasteiger partial charge in [-0.25, -0.2) is 0 Å². The van der Waals surface area contributed by atoms with Crippen molar-refractivity contribution >= 4 is 12.2 Å². The summed E-state index contributed by atoms with van der Waals surface area (Å²) in [6.45, 7) is 4.15. The highest BCUT2D eigenvalue weighted by atomic mass is 16.2. The fraction of sp³-hybridized carbons (Fsp3) is 0.529. The van der Waals surface area contributed by atoms with E-state index in [9.17, 15) is 9.59 Å². The molecular weight excluding hydrogens is 250 g/mol. The molecule has 0 heterocycles. The molecule has 1 aliphatic rings. The Bertz CT molecular complexity index is 458. The number of benzene rings is 1. The van der Waals surface area contributed by atoms with E-state index >= 15 is 0 Å². The number of hydrogen-bond donors (Lipinski definition) is 0. The third-order valence-corrected chi connectivity index (χ3v) is 4.05. The highest BCUT2D eigenvalue weighted by Crippen LogP contribution is 2.25. The predicted octanol–water partition coefficient (Wildman–Crippen LogP) is 3.68. The number of carbonyl (C=O) groups is 2. The van der Waals surface area contributed by atoms with Crippen molar-refractivity contribution in [2.75, 3.05) is 0 Å². The largest absolute Gasteiger partial charge is 0.333 e. The molecule has 1 saturated carbocycles. The Morgan fingerprint density at radius 2 is 1.75 bits per heavy atom. The maximum absolute atomic E-state index is 12.7. The molecule has 1 fully saturated rings. The minimum absolute atomic E-state index is 0.0874. The summed E-state index contributed by atoms with van der Waals surface area (Å²) in [5.41, 5.74) is 1.28. The second kappa shape index (κ2) is 6.69. The molecule has 0 atom stereocenters. The maximum atomic E-state index is 12.7. The van der Waals surface area contributed by atoms with Gasteiger partial charge in [-0.05, 0) is 38.8 Å². The van der Waals surface area contributed by atoms with Crippen LogP contribution in [0.25, 0.3) is 0 Å². The lowest BCUT2D eigenvalue weighted by molar-refractivity contribution is 0.0555. The van der Waals surface area contributed by atoms with Gasteiger partial charge in [0.25, 0.3) is 5.91 Å². The van der Waals surface area contributed by atoms with Crippen LogP contribution in [-0.4, -0.2) is 29.2 Å². The van der Waals surface area contributed by atoms with E-state index < -0.39 is 0 Å². The summed E-state index contributed by atoms with van der Waals surface area (Å²) in [5.74, 6) is 0.0874. The van der Waals surface area contributed by atoms with Crippen LogP contribution >= 0.6 is 0 Å². The molecule has 0 N–H and O–H groups in total. The minimum atomic E-state index is 0.0874. The Morgan fingerprint density at radius 1 is 1.15 bits per heavy atom. The van der Waals surface area contributed by atoms with E-state index in [1.807, 2.05) is 4.90 Å². The standard InChI is InChI=1S/C17H23NO2/c1-13(2)18(16-6-4-3-5-7-16)17(20)15-10-8-14(12-19)9-11-15/h8-13,16H,3-7H2,1-2H3.